The number of nitrogens with zero attached hydrogens (tertiary/aromatic N) is 2. The van der Waals surface area contributed by atoms with Gasteiger partial charge >= 0.3 is 0 Å². The van der Waals surface area contributed by atoms with E-state index in [-0.39, 0.29) is 24.4 Å². The molecule has 1 aromatic carbocycles. The Bertz CT molecular complexity index is 624. The molecule has 0 aromatic heterocycles. The van der Waals surface area contributed by atoms with Gasteiger partial charge in [-0.1, -0.05) is 17.7 Å². The predicted molar refractivity (Wildman–Crippen MR) is 92.0 cm³/mol. The summed E-state index contributed by atoms with van der Waals surface area (Å²) < 4.78 is 26.5. The minimum atomic E-state index is -3.48. The van der Waals surface area contributed by atoms with E-state index in [2.05, 4.69) is 0 Å². The Balaban J connectivity index is 0.00000264. The fraction of sp³-hybridized carbons (Fsp3) is 0.533. The number of nitrogens with two attached hydrogens (primary N) is 1. The Kier molecular flexibility index (Phi) is 7.01. The number of hydrogen-bond acceptors (Lipinski definition) is 4. The highest BCUT2D eigenvalue weighted by atomic mass is 35.5. The zero-order valence-electron chi connectivity index (χ0n) is 13.4. The van der Waals surface area contributed by atoms with Gasteiger partial charge in [-0.3, -0.25) is 4.79 Å². The van der Waals surface area contributed by atoms with Gasteiger partial charge in [-0.2, -0.15) is 4.31 Å². The normalized spacial score (nSPS) is 17.4. The van der Waals surface area contributed by atoms with Gasteiger partial charge in [0.2, 0.25) is 15.9 Å². The van der Waals surface area contributed by atoms with Crippen molar-refractivity contribution in [3.63, 3.8) is 0 Å². The van der Waals surface area contributed by atoms with E-state index in [1.54, 1.807) is 36.1 Å². The zero-order chi connectivity index (χ0) is 16.3. The third-order valence-corrected chi connectivity index (χ3v) is 5.66. The number of amides is 1. The average Bonchev–Trinajstić information content (AvgIpc) is 2.47. The van der Waals surface area contributed by atoms with Crippen LogP contribution in [0.25, 0.3) is 0 Å². The standard InChI is InChI=1S/C15H23N3O3S.ClH/c1-12-3-5-14(6-4-12)22(20,21)18-9-7-17(8-10-18)15(19)11-13(2)16;/h3-6,13H,7-11,16H2,1-2H3;1H. The summed E-state index contributed by atoms with van der Waals surface area (Å²) >= 11 is 0. The van der Waals surface area contributed by atoms with Crippen LogP contribution in [0.15, 0.2) is 29.2 Å². The van der Waals surface area contributed by atoms with Crippen LogP contribution in [0.4, 0.5) is 0 Å². The monoisotopic (exact) mass is 361 g/mol. The van der Waals surface area contributed by atoms with Gasteiger partial charge in [0.05, 0.1) is 4.90 Å². The molecule has 1 aliphatic heterocycles. The number of carbonyl (C=O) groups excluding carboxylic acids is 1. The first-order valence-electron chi connectivity index (χ1n) is 7.41. The number of halogens is 1. The molecule has 2 rings (SSSR count). The highest BCUT2D eigenvalue weighted by Crippen LogP contribution is 2.18. The van der Waals surface area contributed by atoms with E-state index in [4.69, 9.17) is 5.73 Å². The second-order valence-electron chi connectivity index (χ2n) is 5.78. The van der Waals surface area contributed by atoms with Crippen LogP contribution in [0.2, 0.25) is 0 Å². The number of benzene rings is 1. The highest BCUT2D eigenvalue weighted by Gasteiger charge is 2.30. The minimum Gasteiger partial charge on any atom is -0.340 e. The number of sulfonamides is 1. The highest BCUT2D eigenvalue weighted by molar-refractivity contribution is 7.89. The van der Waals surface area contributed by atoms with Gasteiger partial charge in [0.25, 0.3) is 0 Å². The molecule has 0 saturated carbocycles. The second-order valence-corrected chi connectivity index (χ2v) is 7.72. The van der Waals surface area contributed by atoms with Gasteiger partial charge in [0, 0.05) is 38.6 Å². The topological polar surface area (TPSA) is 83.7 Å². The summed E-state index contributed by atoms with van der Waals surface area (Å²) in [6, 6.07) is 6.64. The quantitative estimate of drug-likeness (QED) is 0.866. The number of rotatable bonds is 4. The van der Waals surface area contributed by atoms with E-state index in [0.717, 1.165) is 5.56 Å². The average molecular weight is 362 g/mol. The molecule has 0 radical (unpaired) electrons. The zero-order valence-corrected chi connectivity index (χ0v) is 15.1. The van der Waals surface area contributed by atoms with Crippen molar-refractivity contribution in [3.05, 3.63) is 29.8 Å². The smallest absolute Gasteiger partial charge is 0.243 e. The first-order chi connectivity index (χ1) is 10.3. The molecule has 23 heavy (non-hydrogen) atoms. The third kappa shape index (κ3) is 4.91. The number of carbonyl (C=O) groups is 1. The summed E-state index contributed by atoms with van der Waals surface area (Å²) in [5.74, 6) is -0.0117. The van der Waals surface area contributed by atoms with E-state index < -0.39 is 10.0 Å². The Morgan fingerprint density at radius 1 is 1.17 bits per heavy atom. The molecule has 8 heteroatoms. The van der Waals surface area contributed by atoms with Crippen LogP contribution in [0.3, 0.4) is 0 Å². The van der Waals surface area contributed by atoms with Crippen LogP contribution in [0.1, 0.15) is 18.9 Å². The molecule has 6 nitrogen and oxygen atoms in total. The molecule has 1 fully saturated rings. The summed E-state index contributed by atoms with van der Waals surface area (Å²) in [6.45, 7) is 5.17. The maximum atomic E-state index is 12.6. The molecular weight excluding hydrogens is 338 g/mol. The van der Waals surface area contributed by atoms with Gasteiger partial charge in [0.15, 0.2) is 0 Å². The van der Waals surface area contributed by atoms with E-state index in [1.165, 1.54) is 4.31 Å². The van der Waals surface area contributed by atoms with Crippen LogP contribution in [0, 0.1) is 6.92 Å². The van der Waals surface area contributed by atoms with Gasteiger partial charge in [-0.25, -0.2) is 8.42 Å². The number of piperazine rings is 1. The Morgan fingerprint density at radius 3 is 2.17 bits per heavy atom. The minimum absolute atomic E-state index is 0. The van der Waals surface area contributed by atoms with Crippen LogP contribution in [-0.2, 0) is 14.8 Å². The van der Waals surface area contributed by atoms with E-state index in [1.807, 2.05) is 6.92 Å². The molecule has 1 aliphatic rings. The van der Waals surface area contributed by atoms with Crippen molar-refractivity contribution in [1.29, 1.82) is 0 Å². The van der Waals surface area contributed by atoms with Gasteiger partial charge in [0.1, 0.15) is 0 Å². The summed E-state index contributed by atoms with van der Waals surface area (Å²) in [7, 11) is -3.48. The second kappa shape index (κ2) is 8.10. The third-order valence-electron chi connectivity index (χ3n) is 3.75. The van der Waals surface area contributed by atoms with E-state index in [0.29, 0.717) is 37.5 Å². The molecule has 0 bridgehead atoms. The van der Waals surface area contributed by atoms with Crippen LogP contribution < -0.4 is 5.73 Å². The maximum absolute atomic E-state index is 12.6. The van der Waals surface area contributed by atoms with Crippen LogP contribution >= 0.6 is 12.4 Å². The molecule has 1 unspecified atom stereocenters. The number of aryl methyl sites for hydroxylation is 1. The summed E-state index contributed by atoms with van der Waals surface area (Å²) in [5.41, 5.74) is 6.65. The van der Waals surface area contributed by atoms with Crippen molar-refractivity contribution in [3.8, 4) is 0 Å². The fourth-order valence-electron chi connectivity index (χ4n) is 2.44. The number of hydrogen-bond donors (Lipinski definition) is 1. The lowest BCUT2D eigenvalue weighted by molar-refractivity contribution is -0.132. The lowest BCUT2D eigenvalue weighted by atomic mass is 10.2. The van der Waals surface area contributed by atoms with Gasteiger partial charge < -0.3 is 10.6 Å². The molecule has 130 valence electrons. The molecule has 1 aromatic rings. The summed E-state index contributed by atoms with van der Waals surface area (Å²) in [6.07, 6.45) is 0.296. The first-order valence-corrected chi connectivity index (χ1v) is 8.85. The van der Waals surface area contributed by atoms with Crippen LogP contribution in [-0.4, -0.2) is 55.8 Å². The summed E-state index contributed by atoms with van der Waals surface area (Å²) in [5, 5.41) is 0. The van der Waals surface area contributed by atoms with Crippen LogP contribution in [0.5, 0.6) is 0 Å². The molecule has 1 heterocycles. The van der Waals surface area contributed by atoms with Crippen molar-refractivity contribution in [2.45, 2.75) is 31.2 Å². The molecule has 0 aliphatic carbocycles. The largest absolute Gasteiger partial charge is 0.340 e. The van der Waals surface area contributed by atoms with Crippen molar-refractivity contribution in [2.24, 2.45) is 5.73 Å². The maximum Gasteiger partial charge on any atom is 0.243 e. The summed E-state index contributed by atoms with van der Waals surface area (Å²) in [4.78, 5) is 13.9. The van der Waals surface area contributed by atoms with Crippen molar-refractivity contribution in [1.82, 2.24) is 9.21 Å². The molecule has 0 spiro atoms. The molecule has 2 N–H and O–H groups in total. The van der Waals surface area contributed by atoms with E-state index in [9.17, 15) is 13.2 Å². The van der Waals surface area contributed by atoms with Crippen molar-refractivity contribution >= 4 is 28.3 Å². The Hall–Kier alpha value is -1.15. The SMILES string of the molecule is Cc1ccc(S(=O)(=O)N2CCN(C(=O)CC(C)N)CC2)cc1.Cl. The van der Waals surface area contributed by atoms with Gasteiger partial charge in [-0.05, 0) is 26.0 Å². The molecule has 1 saturated heterocycles. The lowest BCUT2D eigenvalue weighted by Crippen LogP contribution is -2.51. The molecule has 1 atom stereocenters. The Labute approximate surface area is 144 Å². The molecular formula is C15H24ClN3O3S. The lowest BCUT2D eigenvalue weighted by Gasteiger charge is -2.34. The Morgan fingerprint density at radius 2 is 1.70 bits per heavy atom. The first kappa shape index (κ1) is 19.9. The molecule has 1 amide bonds. The van der Waals surface area contributed by atoms with E-state index >= 15 is 0 Å². The predicted octanol–water partition coefficient (Wildman–Crippen LogP) is 0.987. The fourth-order valence-corrected chi connectivity index (χ4v) is 3.86. The van der Waals surface area contributed by atoms with Crippen molar-refractivity contribution in [2.75, 3.05) is 26.2 Å². The van der Waals surface area contributed by atoms with Crippen molar-refractivity contribution < 1.29 is 13.2 Å². The van der Waals surface area contributed by atoms with Gasteiger partial charge in [-0.15, -0.1) is 12.4 Å².